The number of nitro benzene ring substituents is 1. The predicted octanol–water partition coefficient (Wildman–Crippen LogP) is 5.72. The molecule has 0 N–H and O–H groups in total. The zero-order valence-electron chi connectivity index (χ0n) is 23.9. The molecular formula is C31H28ClN3O7S. The molecule has 10 nitrogen and oxygen atoms in total. The Bertz CT molecular complexity index is 1950. The van der Waals surface area contributed by atoms with Gasteiger partial charge in [-0.2, -0.15) is 0 Å². The summed E-state index contributed by atoms with van der Waals surface area (Å²) in [7, 11) is 1.50. The Morgan fingerprint density at radius 3 is 2.70 bits per heavy atom. The smallest absolute Gasteiger partial charge is 0.338 e. The van der Waals surface area contributed by atoms with Gasteiger partial charge >= 0.3 is 5.97 Å². The summed E-state index contributed by atoms with van der Waals surface area (Å²) in [6, 6.07) is 12.3. The van der Waals surface area contributed by atoms with Gasteiger partial charge in [-0.3, -0.25) is 19.5 Å². The molecule has 0 unspecified atom stereocenters. The fourth-order valence-electron chi connectivity index (χ4n) is 5.04. The average molecular weight is 622 g/mol. The van der Waals surface area contributed by atoms with Crippen LogP contribution in [-0.2, 0) is 9.53 Å². The lowest BCUT2D eigenvalue weighted by Crippen LogP contribution is -2.40. The maximum absolute atomic E-state index is 14.0. The van der Waals surface area contributed by atoms with Crippen LogP contribution in [0.4, 0.5) is 5.69 Å². The molecule has 3 heterocycles. The Morgan fingerprint density at radius 1 is 1.21 bits per heavy atom. The number of benzene rings is 2. The third-order valence-corrected chi connectivity index (χ3v) is 8.11. The molecule has 2 aromatic carbocycles. The molecule has 0 fully saturated rings. The molecule has 0 saturated heterocycles. The fourth-order valence-corrected chi connectivity index (χ4v) is 6.22. The number of aromatic nitrogens is 1. The van der Waals surface area contributed by atoms with E-state index in [-0.39, 0.29) is 17.9 Å². The quantitative estimate of drug-likeness (QED) is 0.133. The number of carbonyl (C=O) groups excluding carboxylic acids is 1. The van der Waals surface area contributed by atoms with Crippen LogP contribution in [0, 0.1) is 17.0 Å². The van der Waals surface area contributed by atoms with Crippen LogP contribution in [0.15, 0.2) is 74.0 Å². The van der Waals surface area contributed by atoms with Crippen LogP contribution in [0.25, 0.3) is 17.4 Å². The second-order valence-corrected chi connectivity index (χ2v) is 11.2. The van der Waals surface area contributed by atoms with Gasteiger partial charge in [-0.25, -0.2) is 9.79 Å². The van der Waals surface area contributed by atoms with Gasteiger partial charge in [-0.15, -0.1) is 0 Å². The number of furan rings is 1. The van der Waals surface area contributed by atoms with Gasteiger partial charge in [-0.05, 0) is 62.2 Å². The molecule has 2 aromatic heterocycles. The number of allylic oxidation sites excluding steroid dienone is 1. The van der Waals surface area contributed by atoms with Gasteiger partial charge in [0.05, 0.1) is 40.0 Å². The fraction of sp³-hybridized carbons (Fsp3) is 0.258. The second kappa shape index (κ2) is 12.4. The van der Waals surface area contributed by atoms with E-state index < -0.39 is 22.5 Å². The molecule has 0 aliphatic carbocycles. The van der Waals surface area contributed by atoms with E-state index in [1.807, 2.05) is 6.92 Å². The summed E-state index contributed by atoms with van der Waals surface area (Å²) in [5.74, 6) is 0.484. The van der Waals surface area contributed by atoms with Crippen LogP contribution >= 0.6 is 22.9 Å². The number of ether oxygens (including phenoxy) is 2. The van der Waals surface area contributed by atoms with E-state index in [1.165, 1.54) is 17.7 Å². The van der Waals surface area contributed by atoms with E-state index in [4.69, 9.17) is 30.5 Å². The molecule has 0 spiro atoms. The van der Waals surface area contributed by atoms with Gasteiger partial charge in [0.15, 0.2) is 4.80 Å². The zero-order valence-corrected chi connectivity index (χ0v) is 25.5. The van der Waals surface area contributed by atoms with Crippen LogP contribution in [0.5, 0.6) is 5.75 Å². The number of fused-ring (bicyclic) bond motifs is 1. The molecule has 0 bridgehead atoms. The minimum atomic E-state index is -0.907. The molecular weight excluding hydrogens is 594 g/mol. The monoisotopic (exact) mass is 621 g/mol. The summed E-state index contributed by atoms with van der Waals surface area (Å²) >= 11 is 7.54. The molecule has 1 atom stereocenters. The van der Waals surface area contributed by atoms with Crippen molar-refractivity contribution in [2.24, 2.45) is 4.99 Å². The predicted molar refractivity (Wildman–Crippen MR) is 163 cm³/mol. The molecule has 1 aliphatic rings. The minimum Gasteiger partial charge on any atom is -0.496 e. The number of thiazole rings is 1. The number of hydrogen-bond acceptors (Lipinski definition) is 9. The molecule has 43 heavy (non-hydrogen) atoms. The Kier molecular flexibility index (Phi) is 8.65. The second-order valence-electron chi connectivity index (χ2n) is 9.78. The molecule has 0 saturated carbocycles. The van der Waals surface area contributed by atoms with Crippen molar-refractivity contribution in [1.82, 2.24) is 4.57 Å². The Morgan fingerprint density at radius 2 is 2.00 bits per heavy atom. The maximum atomic E-state index is 14.0. The van der Waals surface area contributed by atoms with Gasteiger partial charge in [0.25, 0.3) is 11.2 Å². The lowest BCUT2D eigenvalue weighted by Gasteiger charge is -2.27. The third kappa shape index (κ3) is 5.78. The van der Waals surface area contributed by atoms with Crippen molar-refractivity contribution < 1.29 is 23.6 Å². The first-order valence-electron chi connectivity index (χ1n) is 13.6. The Hall–Kier alpha value is -4.48. The third-order valence-electron chi connectivity index (χ3n) is 6.89. The topological polar surface area (TPSA) is 126 Å². The number of nitrogens with zero attached hydrogens (tertiary/aromatic N) is 3. The maximum Gasteiger partial charge on any atom is 0.338 e. The number of esters is 1. The van der Waals surface area contributed by atoms with E-state index in [0.29, 0.717) is 61.3 Å². The highest BCUT2D eigenvalue weighted by Gasteiger charge is 2.36. The highest BCUT2D eigenvalue weighted by molar-refractivity contribution is 7.07. The van der Waals surface area contributed by atoms with Crippen molar-refractivity contribution in [3.63, 3.8) is 0 Å². The Balaban J connectivity index is 1.71. The first-order chi connectivity index (χ1) is 20.7. The lowest BCUT2D eigenvalue weighted by molar-refractivity contribution is -0.384. The van der Waals surface area contributed by atoms with E-state index in [1.54, 1.807) is 62.4 Å². The molecule has 0 amide bonds. The number of carbonyl (C=O) groups is 1. The summed E-state index contributed by atoms with van der Waals surface area (Å²) < 4.78 is 18.8. The van der Waals surface area contributed by atoms with Crippen molar-refractivity contribution in [2.45, 2.75) is 39.7 Å². The van der Waals surface area contributed by atoms with Crippen molar-refractivity contribution in [1.29, 1.82) is 0 Å². The number of nitro groups is 1. The van der Waals surface area contributed by atoms with Crippen molar-refractivity contribution in [3.8, 4) is 17.1 Å². The average Bonchev–Trinajstić information content (AvgIpc) is 3.56. The number of aryl methyl sites for hydroxylation is 1. The Labute approximate surface area is 255 Å². The van der Waals surface area contributed by atoms with E-state index >= 15 is 0 Å². The molecule has 222 valence electrons. The number of halogens is 1. The van der Waals surface area contributed by atoms with Gasteiger partial charge in [0, 0.05) is 22.7 Å². The zero-order chi connectivity index (χ0) is 30.8. The molecule has 0 radical (unpaired) electrons. The SMILES string of the molecule is CCCC1=C(C(=O)OCC)[C@H](c2cc(Cl)ccc2OC)n2c(s/c(=C/c3ccc(-c4ccc(C)cc4[N+](=O)[O-])o3)c2=O)=N1. The van der Waals surface area contributed by atoms with Gasteiger partial charge < -0.3 is 13.9 Å². The summed E-state index contributed by atoms with van der Waals surface area (Å²) in [6.45, 7) is 5.61. The van der Waals surface area contributed by atoms with Gasteiger partial charge in [0.1, 0.15) is 23.3 Å². The summed E-state index contributed by atoms with van der Waals surface area (Å²) in [4.78, 5) is 43.8. The largest absolute Gasteiger partial charge is 0.496 e. The minimum absolute atomic E-state index is 0.0781. The van der Waals surface area contributed by atoms with E-state index in [9.17, 15) is 19.7 Å². The van der Waals surface area contributed by atoms with Gasteiger partial charge in [0.2, 0.25) is 0 Å². The lowest BCUT2D eigenvalue weighted by atomic mass is 9.93. The summed E-state index contributed by atoms with van der Waals surface area (Å²) in [5, 5.41) is 12.1. The molecule has 5 rings (SSSR count). The molecule has 12 heteroatoms. The summed E-state index contributed by atoms with van der Waals surface area (Å²) in [5.41, 5.74) is 1.87. The van der Waals surface area contributed by atoms with Crippen molar-refractivity contribution in [2.75, 3.05) is 13.7 Å². The van der Waals surface area contributed by atoms with Crippen molar-refractivity contribution >= 4 is 40.7 Å². The van der Waals surface area contributed by atoms with Crippen LogP contribution in [0.2, 0.25) is 5.02 Å². The first-order valence-corrected chi connectivity index (χ1v) is 14.8. The molecule has 1 aliphatic heterocycles. The summed E-state index contributed by atoms with van der Waals surface area (Å²) in [6.07, 6.45) is 2.75. The van der Waals surface area contributed by atoms with Crippen LogP contribution in [-0.4, -0.2) is 29.2 Å². The standard InChI is InChI=1S/C31H28ClN3O7S/c1-5-7-22-27(30(37)41-6-2)28(21-15-18(32)9-12-24(21)40-4)34-29(36)26(43-31(34)33-22)16-19-10-13-25(42-19)20-11-8-17(3)14-23(20)35(38)39/h8-16,28H,5-7H2,1-4H3/b26-16+/t28-/m0/s1. The highest BCUT2D eigenvalue weighted by atomic mass is 35.5. The number of methoxy groups -OCH3 is 1. The normalized spacial score (nSPS) is 14.8. The van der Waals surface area contributed by atoms with Crippen LogP contribution in [0.1, 0.15) is 49.6 Å². The van der Waals surface area contributed by atoms with E-state index in [0.717, 1.165) is 16.9 Å². The highest BCUT2D eigenvalue weighted by Crippen LogP contribution is 2.38. The molecule has 4 aromatic rings. The van der Waals surface area contributed by atoms with E-state index in [2.05, 4.69) is 0 Å². The van der Waals surface area contributed by atoms with Crippen LogP contribution in [0.3, 0.4) is 0 Å². The first kappa shape index (κ1) is 30.0. The van der Waals surface area contributed by atoms with Gasteiger partial charge in [-0.1, -0.05) is 42.3 Å². The van der Waals surface area contributed by atoms with Crippen molar-refractivity contribution in [3.05, 3.63) is 112 Å². The van der Waals surface area contributed by atoms with Crippen LogP contribution < -0.4 is 19.6 Å². The number of hydrogen-bond donors (Lipinski definition) is 0. The number of rotatable bonds is 9.